The molecule has 0 saturated carbocycles. The van der Waals surface area contributed by atoms with E-state index in [9.17, 15) is 0 Å². The van der Waals surface area contributed by atoms with Crippen LogP contribution in [-0.4, -0.2) is 9.97 Å². The van der Waals surface area contributed by atoms with Crippen LogP contribution in [0, 0.1) is 6.92 Å². The summed E-state index contributed by atoms with van der Waals surface area (Å²) in [5.41, 5.74) is 2.35. The molecular formula is C13H17N3S. The fourth-order valence-corrected chi connectivity index (χ4v) is 2.43. The van der Waals surface area contributed by atoms with E-state index in [1.54, 1.807) is 11.3 Å². The molecule has 90 valence electrons. The Bertz CT molecular complexity index is 479. The van der Waals surface area contributed by atoms with Crippen molar-refractivity contribution in [2.45, 2.75) is 33.4 Å². The van der Waals surface area contributed by atoms with Gasteiger partial charge < -0.3 is 5.32 Å². The minimum absolute atomic E-state index is 0.812. The molecule has 0 unspecified atom stereocenters. The topological polar surface area (TPSA) is 37.8 Å². The molecule has 0 saturated heterocycles. The maximum absolute atomic E-state index is 4.36. The largest absolute Gasteiger partial charge is 0.306 e. The smallest absolute Gasteiger partial charge is 0.0925 e. The molecule has 2 rings (SSSR count). The van der Waals surface area contributed by atoms with Crippen molar-refractivity contribution in [2.75, 3.05) is 0 Å². The van der Waals surface area contributed by atoms with Gasteiger partial charge in [0.05, 0.1) is 10.7 Å². The molecule has 0 spiro atoms. The van der Waals surface area contributed by atoms with Gasteiger partial charge in [0, 0.05) is 30.4 Å². The van der Waals surface area contributed by atoms with Gasteiger partial charge in [-0.1, -0.05) is 13.0 Å². The van der Waals surface area contributed by atoms with Crippen molar-refractivity contribution >= 4 is 11.3 Å². The summed E-state index contributed by atoms with van der Waals surface area (Å²) in [6, 6.07) is 4.06. The molecule has 3 nitrogen and oxygen atoms in total. The van der Waals surface area contributed by atoms with Gasteiger partial charge in [0.25, 0.3) is 0 Å². The maximum Gasteiger partial charge on any atom is 0.0925 e. The van der Waals surface area contributed by atoms with Gasteiger partial charge in [0.2, 0.25) is 0 Å². The number of pyridine rings is 1. The van der Waals surface area contributed by atoms with Crippen LogP contribution < -0.4 is 5.32 Å². The lowest BCUT2D eigenvalue weighted by Crippen LogP contribution is -2.13. The van der Waals surface area contributed by atoms with Crippen LogP contribution in [-0.2, 0) is 19.5 Å². The SMILES string of the molecule is CCc1ncc(CNCc2ncccc2C)s1. The molecule has 0 aliphatic carbocycles. The highest BCUT2D eigenvalue weighted by Gasteiger charge is 2.01. The van der Waals surface area contributed by atoms with E-state index in [1.807, 2.05) is 18.5 Å². The Kier molecular flexibility index (Phi) is 4.23. The first kappa shape index (κ1) is 12.2. The Balaban J connectivity index is 1.85. The lowest BCUT2D eigenvalue weighted by atomic mass is 10.2. The molecule has 0 atom stereocenters. The second kappa shape index (κ2) is 5.89. The minimum atomic E-state index is 0.812. The van der Waals surface area contributed by atoms with Crippen LogP contribution in [0.15, 0.2) is 24.5 Å². The third-order valence-electron chi connectivity index (χ3n) is 2.61. The van der Waals surface area contributed by atoms with E-state index < -0.39 is 0 Å². The average molecular weight is 247 g/mol. The first-order chi connectivity index (χ1) is 8.29. The van der Waals surface area contributed by atoms with E-state index in [1.165, 1.54) is 15.4 Å². The monoisotopic (exact) mass is 247 g/mol. The summed E-state index contributed by atoms with van der Waals surface area (Å²) in [4.78, 5) is 9.98. The third kappa shape index (κ3) is 3.35. The first-order valence-electron chi connectivity index (χ1n) is 5.84. The number of thiazole rings is 1. The molecule has 2 heterocycles. The van der Waals surface area contributed by atoms with E-state index in [4.69, 9.17) is 0 Å². The number of aryl methyl sites for hydroxylation is 2. The van der Waals surface area contributed by atoms with Crippen LogP contribution in [0.4, 0.5) is 0 Å². The molecule has 0 aliphatic rings. The molecule has 0 amide bonds. The summed E-state index contributed by atoms with van der Waals surface area (Å²) in [5.74, 6) is 0. The molecule has 0 aromatic carbocycles. The number of hydrogen-bond donors (Lipinski definition) is 1. The molecular weight excluding hydrogens is 230 g/mol. The summed E-state index contributed by atoms with van der Waals surface area (Å²) < 4.78 is 0. The van der Waals surface area contributed by atoms with Gasteiger partial charge in [-0.15, -0.1) is 11.3 Å². The van der Waals surface area contributed by atoms with Crippen molar-refractivity contribution in [3.8, 4) is 0 Å². The zero-order chi connectivity index (χ0) is 12.1. The van der Waals surface area contributed by atoms with E-state index >= 15 is 0 Å². The van der Waals surface area contributed by atoms with Crippen LogP contribution in [0.25, 0.3) is 0 Å². The summed E-state index contributed by atoms with van der Waals surface area (Å²) in [7, 11) is 0. The van der Waals surface area contributed by atoms with Crippen molar-refractivity contribution in [1.82, 2.24) is 15.3 Å². The van der Waals surface area contributed by atoms with Crippen LogP contribution in [0.5, 0.6) is 0 Å². The first-order valence-corrected chi connectivity index (χ1v) is 6.66. The van der Waals surface area contributed by atoms with Crippen LogP contribution in [0.3, 0.4) is 0 Å². The number of hydrogen-bond acceptors (Lipinski definition) is 4. The quantitative estimate of drug-likeness (QED) is 0.882. The minimum Gasteiger partial charge on any atom is -0.306 e. The van der Waals surface area contributed by atoms with Gasteiger partial charge in [0.1, 0.15) is 0 Å². The standard InChI is InChI=1S/C13H17N3S/c1-3-13-16-8-11(17-13)7-14-9-12-10(2)5-4-6-15-12/h4-6,8,14H,3,7,9H2,1-2H3. The van der Waals surface area contributed by atoms with Crippen LogP contribution in [0.1, 0.15) is 28.1 Å². The number of nitrogens with one attached hydrogen (secondary N) is 1. The van der Waals surface area contributed by atoms with Crippen molar-refractivity contribution in [3.63, 3.8) is 0 Å². The van der Waals surface area contributed by atoms with Gasteiger partial charge in [-0.25, -0.2) is 4.98 Å². The van der Waals surface area contributed by atoms with Gasteiger partial charge in [0.15, 0.2) is 0 Å². The molecule has 0 radical (unpaired) electrons. The fraction of sp³-hybridized carbons (Fsp3) is 0.385. The van der Waals surface area contributed by atoms with Crippen molar-refractivity contribution in [1.29, 1.82) is 0 Å². The van der Waals surface area contributed by atoms with E-state index in [0.717, 1.165) is 25.2 Å². The Morgan fingerprint density at radius 2 is 2.18 bits per heavy atom. The zero-order valence-electron chi connectivity index (χ0n) is 10.2. The highest BCUT2D eigenvalue weighted by molar-refractivity contribution is 7.11. The number of aromatic nitrogens is 2. The van der Waals surface area contributed by atoms with Crippen molar-refractivity contribution in [3.05, 3.63) is 45.7 Å². The molecule has 1 N–H and O–H groups in total. The van der Waals surface area contributed by atoms with Gasteiger partial charge in [-0.05, 0) is 25.0 Å². The van der Waals surface area contributed by atoms with Gasteiger partial charge in [-0.2, -0.15) is 0 Å². The second-order valence-corrected chi connectivity index (χ2v) is 5.14. The summed E-state index contributed by atoms with van der Waals surface area (Å²) >= 11 is 1.78. The number of nitrogens with zero attached hydrogens (tertiary/aromatic N) is 2. The Labute approximate surface area is 106 Å². The summed E-state index contributed by atoms with van der Waals surface area (Å²) in [6.45, 7) is 5.90. The molecule has 0 aliphatic heterocycles. The molecule has 4 heteroatoms. The Hall–Kier alpha value is -1.26. The molecule has 17 heavy (non-hydrogen) atoms. The normalized spacial score (nSPS) is 10.7. The average Bonchev–Trinajstić information content (AvgIpc) is 2.80. The summed E-state index contributed by atoms with van der Waals surface area (Å²) in [6.07, 6.45) is 4.82. The van der Waals surface area contributed by atoms with E-state index in [2.05, 4.69) is 35.2 Å². The van der Waals surface area contributed by atoms with Crippen LogP contribution >= 0.6 is 11.3 Å². The summed E-state index contributed by atoms with van der Waals surface area (Å²) in [5, 5.41) is 4.61. The molecule has 2 aromatic heterocycles. The second-order valence-electron chi connectivity index (χ2n) is 3.94. The molecule has 0 bridgehead atoms. The number of rotatable bonds is 5. The predicted octanol–water partition coefficient (Wildman–Crippen LogP) is 2.70. The van der Waals surface area contributed by atoms with E-state index in [0.29, 0.717) is 0 Å². The lowest BCUT2D eigenvalue weighted by molar-refractivity contribution is 0.682. The van der Waals surface area contributed by atoms with Gasteiger partial charge >= 0.3 is 0 Å². The lowest BCUT2D eigenvalue weighted by Gasteiger charge is -2.04. The fourth-order valence-electron chi connectivity index (χ4n) is 1.60. The Morgan fingerprint density at radius 3 is 2.88 bits per heavy atom. The Morgan fingerprint density at radius 1 is 1.29 bits per heavy atom. The van der Waals surface area contributed by atoms with Crippen molar-refractivity contribution in [2.24, 2.45) is 0 Å². The third-order valence-corrected chi connectivity index (χ3v) is 3.76. The highest BCUT2D eigenvalue weighted by Crippen LogP contribution is 2.13. The van der Waals surface area contributed by atoms with Crippen LogP contribution in [0.2, 0.25) is 0 Å². The van der Waals surface area contributed by atoms with Crippen molar-refractivity contribution < 1.29 is 0 Å². The van der Waals surface area contributed by atoms with Gasteiger partial charge in [-0.3, -0.25) is 4.98 Å². The van der Waals surface area contributed by atoms with E-state index in [-0.39, 0.29) is 0 Å². The molecule has 0 fully saturated rings. The zero-order valence-corrected chi connectivity index (χ0v) is 11.0. The predicted molar refractivity (Wildman–Crippen MR) is 71.0 cm³/mol. The maximum atomic E-state index is 4.36. The highest BCUT2D eigenvalue weighted by atomic mass is 32.1. The molecule has 2 aromatic rings.